The van der Waals surface area contributed by atoms with Crippen molar-refractivity contribution in [1.82, 2.24) is 15.5 Å². The van der Waals surface area contributed by atoms with E-state index in [1.165, 1.54) is 24.8 Å². The molecule has 1 aliphatic heterocycles. The smallest absolute Gasteiger partial charge is 0.220 e. The van der Waals surface area contributed by atoms with Gasteiger partial charge in [-0.1, -0.05) is 34.5 Å². The largest absolute Gasteiger partial charge is 0.359 e. The molecule has 1 amide bonds. The Kier molecular flexibility index (Phi) is 6.79. The number of carbonyl (C=O) groups excluding carboxylic acids is 1. The molecule has 6 heteroatoms. The highest BCUT2D eigenvalue weighted by Gasteiger charge is 2.39. The van der Waals surface area contributed by atoms with Crippen molar-refractivity contribution in [3.8, 4) is 0 Å². The lowest BCUT2D eigenvalue weighted by Gasteiger charge is -2.44. The quantitative estimate of drug-likeness (QED) is 0.551. The Morgan fingerprint density at radius 2 is 2.07 bits per heavy atom. The van der Waals surface area contributed by atoms with Gasteiger partial charge in [-0.15, -0.1) is 0 Å². The first kappa shape index (κ1) is 20.2. The zero-order chi connectivity index (χ0) is 19.3. The van der Waals surface area contributed by atoms with E-state index in [9.17, 15) is 4.79 Å². The Balaban J connectivity index is 1.56. The number of nitrogens with zero attached hydrogens (tertiary/aromatic N) is 2. The van der Waals surface area contributed by atoms with Crippen LogP contribution >= 0.6 is 15.9 Å². The van der Waals surface area contributed by atoms with Crippen molar-refractivity contribution < 1.29 is 4.79 Å². The predicted molar refractivity (Wildman–Crippen MR) is 114 cm³/mol. The van der Waals surface area contributed by atoms with Crippen LogP contribution in [0.4, 0.5) is 0 Å². The minimum Gasteiger partial charge on any atom is -0.359 e. The molecule has 27 heavy (non-hydrogen) atoms. The van der Waals surface area contributed by atoms with E-state index >= 15 is 0 Å². The molecule has 3 rings (SSSR count). The second-order valence-corrected chi connectivity index (χ2v) is 8.77. The second kappa shape index (κ2) is 9.09. The van der Waals surface area contributed by atoms with Gasteiger partial charge in [-0.2, -0.15) is 0 Å². The summed E-state index contributed by atoms with van der Waals surface area (Å²) >= 11 is 3.61. The number of carbonyl (C=O) groups is 1. The summed E-state index contributed by atoms with van der Waals surface area (Å²) in [6.45, 7) is 2.85. The fraction of sp³-hybridized carbons (Fsp3) is 0.619. The zero-order valence-electron chi connectivity index (χ0n) is 16.4. The SMILES string of the molecule is CN=C(NCC1(c2cccc(Br)c2)CCC1)N1CCC(CC(=O)NC)CC1. The van der Waals surface area contributed by atoms with Crippen molar-refractivity contribution in [2.24, 2.45) is 10.9 Å². The van der Waals surface area contributed by atoms with E-state index in [0.717, 1.165) is 42.9 Å². The van der Waals surface area contributed by atoms with Crippen molar-refractivity contribution in [2.45, 2.75) is 43.9 Å². The van der Waals surface area contributed by atoms with Crippen LogP contribution in [0.25, 0.3) is 0 Å². The van der Waals surface area contributed by atoms with Crippen LogP contribution in [0, 0.1) is 5.92 Å². The van der Waals surface area contributed by atoms with E-state index in [2.05, 4.69) is 60.7 Å². The minimum absolute atomic E-state index is 0.150. The Morgan fingerprint density at radius 3 is 2.63 bits per heavy atom. The summed E-state index contributed by atoms with van der Waals surface area (Å²) in [4.78, 5) is 18.5. The molecule has 2 aliphatic rings. The summed E-state index contributed by atoms with van der Waals surface area (Å²) in [6, 6.07) is 8.73. The average molecular weight is 435 g/mol. The van der Waals surface area contributed by atoms with E-state index < -0.39 is 0 Å². The number of nitrogens with one attached hydrogen (secondary N) is 2. The maximum atomic E-state index is 11.6. The predicted octanol–water partition coefficient (Wildman–Crippen LogP) is 3.29. The second-order valence-electron chi connectivity index (χ2n) is 7.85. The Hall–Kier alpha value is -1.56. The molecule has 0 bridgehead atoms. The van der Waals surface area contributed by atoms with Gasteiger partial charge in [0.05, 0.1) is 0 Å². The van der Waals surface area contributed by atoms with Gasteiger partial charge in [0.25, 0.3) is 0 Å². The number of piperidine rings is 1. The first-order valence-corrected chi connectivity index (χ1v) is 10.8. The van der Waals surface area contributed by atoms with E-state index in [4.69, 9.17) is 0 Å². The fourth-order valence-corrected chi connectivity index (χ4v) is 4.68. The molecule has 1 aromatic rings. The molecule has 1 saturated heterocycles. The highest BCUT2D eigenvalue weighted by atomic mass is 79.9. The van der Waals surface area contributed by atoms with E-state index in [1.807, 2.05) is 7.05 Å². The van der Waals surface area contributed by atoms with E-state index in [-0.39, 0.29) is 11.3 Å². The first-order valence-electron chi connectivity index (χ1n) is 9.98. The van der Waals surface area contributed by atoms with Crippen LogP contribution < -0.4 is 10.6 Å². The molecule has 148 valence electrons. The van der Waals surface area contributed by atoms with Crippen molar-refractivity contribution in [3.63, 3.8) is 0 Å². The number of hydrogen-bond donors (Lipinski definition) is 2. The zero-order valence-corrected chi connectivity index (χ0v) is 18.0. The average Bonchev–Trinajstić information content (AvgIpc) is 2.65. The molecule has 5 nitrogen and oxygen atoms in total. The monoisotopic (exact) mass is 434 g/mol. The van der Waals surface area contributed by atoms with Gasteiger partial charge in [-0.3, -0.25) is 9.79 Å². The number of hydrogen-bond acceptors (Lipinski definition) is 2. The van der Waals surface area contributed by atoms with Crippen LogP contribution in [-0.4, -0.2) is 50.5 Å². The van der Waals surface area contributed by atoms with Gasteiger partial charge in [0.2, 0.25) is 5.91 Å². The van der Waals surface area contributed by atoms with E-state index in [0.29, 0.717) is 12.3 Å². The summed E-state index contributed by atoms with van der Waals surface area (Å²) in [6.07, 6.45) is 6.47. The topological polar surface area (TPSA) is 56.7 Å². The van der Waals surface area contributed by atoms with Crippen molar-refractivity contribution in [3.05, 3.63) is 34.3 Å². The molecule has 1 aliphatic carbocycles. The van der Waals surface area contributed by atoms with Crippen molar-refractivity contribution in [2.75, 3.05) is 33.7 Å². The van der Waals surface area contributed by atoms with Gasteiger partial charge < -0.3 is 15.5 Å². The van der Waals surface area contributed by atoms with Crippen LogP contribution in [0.5, 0.6) is 0 Å². The van der Waals surface area contributed by atoms with Gasteiger partial charge in [0, 0.05) is 50.0 Å². The van der Waals surface area contributed by atoms with Crippen LogP contribution in [0.1, 0.15) is 44.1 Å². The van der Waals surface area contributed by atoms with Gasteiger partial charge in [0.15, 0.2) is 5.96 Å². The molecule has 2 N–H and O–H groups in total. The van der Waals surface area contributed by atoms with Gasteiger partial charge in [-0.25, -0.2) is 0 Å². The normalized spacial score (nSPS) is 20.1. The standard InChI is InChI=1S/C21H31BrN4O/c1-23-19(27)13-16-7-11-26(12-8-16)20(24-2)25-15-21(9-4-10-21)17-5-3-6-18(22)14-17/h3,5-6,14,16H,4,7-13,15H2,1-2H3,(H,23,27)(H,24,25). The molecule has 1 heterocycles. The highest BCUT2D eigenvalue weighted by molar-refractivity contribution is 9.10. The van der Waals surface area contributed by atoms with E-state index in [1.54, 1.807) is 7.05 Å². The lowest BCUT2D eigenvalue weighted by atomic mass is 9.64. The number of halogens is 1. The maximum absolute atomic E-state index is 11.6. The van der Waals surface area contributed by atoms with Crippen LogP contribution in [0.2, 0.25) is 0 Å². The molecule has 1 saturated carbocycles. The first-order chi connectivity index (χ1) is 13.1. The Bertz CT molecular complexity index is 679. The molecule has 0 unspecified atom stereocenters. The summed E-state index contributed by atoms with van der Waals surface area (Å²) < 4.78 is 1.15. The molecular formula is C21H31BrN4O. The number of likely N-dealkylation sites (tertiary alicyclic amines) is 1. The maximum Gasteiger partial charge on any atom is 0.220 e. The van der Waals surface area contributed by atoms with Gasteiger partial charge in [0.1, 0.15) is 0 Å². The summed E-state index contributed by atoms with van der Waals surface area (Å²) in [5, 5.41) is 6.38. The lowest BCUT2D eigenvalue weighted by Crippen LogP contribution is -2.51. The van der Waals surface area contributed by atoms with Gasteiger partial charge in [-0.05, 0) is 49.3 Å². The molecule has 0 radical (unpaired) electrons. The third-order valence-corrected chi connectivity index (χ3v) is 6.70. The molecule has 2 fully saturated rings. The number of amides is 1. The fourth-order valence-electron chi connectivity index (χ4n) is 4.28. The minimum atomic E-state index is 0.150. The molecule has 0 spiro atoms. The van der Waals surface area contributed by atoms with Crippen LogP contribution in [-0.2, 0) is 10.2 Å². The van der Waals surface area contributed by atoms with Crippen molar-refractivity contribution in [1.29, 1.82) is 0 Å². The lowest BCUT2D eigenvalue weighted by molar-refractivity contribution is -0.121. The number of benzene rings is 1. The molecule has 0 aromatic heterocycles. The third-order valence-electron chi connectivity index (χ3n) is 6.21. The molecular weight excluding hydrogens is 404 g/mol. The Labute approximate surface area is 171 Å². The highest BCUT2D eigenvalue weighted by Crippen LogP contribution is 2.43. The Morgan fingerprint density at radius 1 is 1.33 bits per heavy atom. The van der Waals surface area contributed by atoms with Crippen molar-refractivity contribution >= 4 is 27.8 Å². The third kappa shape index (κ3) is 4.84. The molecule has 0 atom stereocenters. The van der Waals surface area contributed by atoms with Crippen LogP contribution in [0.3, 0.4) is 0 Å². The number of guanidine groups is 1. The molecule has 1 aromatic carbocycles. The number of rotatable bonds is 5. The van der Waals surface area contributed by atoms with Crippen LogP contribution in [0.15, 0.2) is 33.7 Å². The summed E-state index contributed by atoms with van der Waals surface area (Å²) in [5.41, 5.74) is 1.63. The number of aliphatic imine (C=N–C) groups is 1. The van der Waals surface area contributed by atoms with Gasteiger partial charge >= 0.3 is 0 Å². The summed E-state index contributed by atoms with van der Waals surface area (Å²) in [5.74, 6) is 1.63. The summed E-state index contributed by atoms with van der Waals surface area (Å²) in [7, 11) is 3.58.